The number of carbonyl (C=O) groups is 2. The van der Waals surface area contributed by atoms with Gasteiger partial charge in [-0.3, -0.25) is 19.8 Å². The summed E-state index contributed by atoms with van der Waals surface area (Å²) in [5.74, 6) is 0.218. The highest BCUT2D eigenvalue weighted by Crippen LogP contribution is 2.25. The van der Waals surface area contributed by atoms with Crippen LogP contribution < -0.4 is 10.2 Å². The molecule has 2 aliphatic rings. The van der Waals surface area contributed by atoms with Crippen LogP contribution in [0.5, 0.6) is 0 Å². The Morgan fingerprint density at radius 2 is 2.09 bits per heavy atom. The van der Waals surface area contributed by atoms with E-state index in [9.17, 15) is 9.59 Å². The van der Waals surface area contributed by atoms with Crippen molar-refractivity contribution in [1.82, 2.24) is 20.2 Å². The second-order valence-corrected chi connectivity index (χ2v) is 6.20. The number of piperazine rings is 1. The van der Waals surface area contributed by atoms with Crippen LogP contribution in [0, 0.1) is 0 Å². The second-order valence-electron chi connectivity index (χ2n) is 5.19. The van der Waals surface area contributed by atoms with Gasteiger partial charge >= 0.3 is 0 Å². The van der Waals surface area contributed by atoms with Crippen LogP contribution in [0.15, 0.2) is 17.2 Å². The van der Waals surface area contributed by atoms with Crippen LogP contribution in [-0.2, 0) is 4.79 Å². The quantitative estimate of drug-likeness (QED) is 0.737. The molecule has 2 aliphatic heterocycles. The smallest absolute Gasteiger partial charge is 0.290 e. The van der Waals surface area contributed by atoms with Gasteiger partial charge in [0.05, 0.1) is 17.2 Å². The Bertz CT molecular complexity index is 643. The minimum absolute atomic E-state index is 0.165. The van der Waals surface area contributed by atoms with Gasteiger partial charge in [0.15, 0.2) is 0 Å². The maximum Gasteiger partial charge on any atom is 0.290 e. The van der Waals surface area contributed by atoms with Crippen molar-refractivity contribution in [3.8, 4) is 0 Å². The Balaban J connectivity index is 1.70. The molecule has 23 heavy (non-hydrogen) atoms. The number of hydrogen-bond donors (Lipinski definition) is 2. The summed E-state index contributed by atoms with van der Waals surface area (Å²) >= 11 is 0.873. The molecule has 0 spiro atoms. The van der Waals surface area contributed by atoms with E-state index in [1.165, 1.54) is 0 Å². The van der Waals surface area contributed by atoms with E-state index in [4.69, 9.17) is 5.11 Å². The monoisotopic (exact) mass is 335 g/mol. The Morgan fingerprint density at radius 3 is 2.74 bits per heavy atom. The summed E-state index contributed by atoms with van der Waals surface area (Å²) < 4.78 is 0. The highest BCUT2D eigenvalue weighted by molar-refractivity contribution is 8.18. The van der Waals surface area contributed by atoms with E-state index in [-0.39, 0.29) is 11.8 Å². The summed E-state index contributed by atoms with van der Waals surface area (Å²) in [5.41, 5.74) is 0.597. The summed E-state index contributed by atoms with van der Waals surface area (Å²) in [6.45, 7) is 4.12. The van der Waals surface area contributed by atoms with Crippen LogP contribution in [0.4, 0.5) is 10.7 Å². The molecule has 3 heterocycles. The van der Waals surface area contributed by atoms with Gasteiger partial charge in [-0.05, 0) is 23.9 Å². The first kappa shape index (κ1) is 15.9. The minimum atomic E-state index is -0.391. The van der Waals surface area contributed by atoms with Crippen LogP contribution in [-0.4, -0.2) is 70.5 Å². The van der Waals surface area contributed by atoms with Crippen molar-refractivity contribution in [2.45, 2.75) is 0 Å². The topological polar surface area (TPSA) is 98.7 Å². The van der Waals surface area contributed by atoms with Crippen LogP contribution in [0.2, 0.25) is 0 Å². The fourth-order valence-corrected chi connectivity index (χ4v) is 3.13. The normalized spacial score (nSPS) is 21.1. The molecule has 3 rings (SSSR count). The minimum Gasteiger partial charge on any atom is -0.395 e. The zero-order valence-corrected chi connectivity index (χ0v) is 13.3. The van der Waals surface area contributed by atoms with Crippen molar-refractivity contribution in [2.24, 2.45) is 0 Å². The second kappa shape index (κ2) is 7.07. The third kappa shape index (κ3) is 3.87. The Kier molecular flexibility index (Phi) is 4.89. The van der Waals surface area contributed by atoms with E-state index in [1.807, 2.05) is 0 Å². The molecule has 8 nitrogen and oxygen atoms in total. The zero-order chi connectivity index (χ0) is 16.2. The lowest BCUT2D eigenvalue weighted by Gasteiger charge is -2.34. The highest BCUT2D eigenvalue weighted by atomic mass is 32.2. The predicted molar refractivity (Wildman–Crippen MR) is 86.9 cm³/mol. The van der Waals surface area contributed by atoms with Gasteiger partial charge in [0, 0.05) is 38.9 Å². The molecule has 2 fully saturated rings. The molecule has 1 aromatic heterocycles. The number of rotatable bonds is 4. The summed E-state index contributed by atoms with van der Waals surface area (Å²) in [7, 11) is 0. The number of aromatic nitrogens is 2. The van der Waals surface area contributed by atoms with Gasteiger partial charge in [0.1, 0.15) is 0 Å². The fraction of sp³-hybridized carbons (Fsp3) is 0.429. The number of β-amino-alcohol motifs (C(OH)–C–C–N with tert-alkyl or cyclic N) is 1. The van der Waals surface area contributed by atoms with Crippen molar-refractivity contribution in [2.75, 3.05) is 44.2 Å². The average molecular weight is 335 g/mol. The Hall–Kier alpha value is -1.97. The number of aliphatic hydroxyl groups excluding tert-OH is 1. The van der Waals surface area contributed by atoms with E-state index in [2.05, 4.69) is 25.1 Å². The molecule has 0 unspecified atom stereocenters. The number of aliphatic hydroxyl groups is 1. The summed E-state index contributed by atoms with van der Waals surface area (Å²) in [6, 6.07) is 1.70. The first-order chi connectivity index (χ1) is 11.2. The van der Waals surface area contributed by atoms with Crippen molar-refractivity contribution >= 4 is 34.9 Å². The molecule has 1 aromatic rings. The van der Waals surface area contributed by atoms with Gasteiger partial charge in [-0.15, -0.1) is 0 Å². The first-order valence-electron chi connectivity index (χ1n) is 7.32. The van der Waals surface area contributed by atoms with Gasteiger partial charge < -0.3 is 10.0 Å². The molecular formula is C14H17N5O3S. The Morgan fingerprint density at radius 1 is 1.30 bits per heavy atom. The van der Waals surface area contributed by atoms with E-state index in [0.29, 0.717) is 23.1 Å². The average Bonchev–Trinajstić information content (AvgIpc) is 2.86. The van der Waals surface area contributed by atoms with Gasteiger partial charge in [0.25, 0.3) is 11.1 Å². The SMILES string of the molecule is O=C1NC(=O)C(=Cc2ccnc(N3CCN(CCO)CC3)n2)S1. The molecule has 0 saturated carbocycles. The molecule has 0 aromatic carbocycles. The van der Waals surface area contributed by atoms with Crippen molar-refractivity contribution < 1.29 is 14.7 Å². The van der Waals surface area contributed by atoms with Gasteiger partial charge in [-0.25, -0.2) is 9.97 Å². The van der Waals surface area contributed by atoms with Crippen molar-refractivity contribution in [1.29, 1.82) is 0 Å². The largest absolute Gasteiger partial charge is 0.395 e. The molecule has 2 saturated heterocycles. The third-order valence-electron chi connectivity index (χ3n) is 3.66. The highest BCUT2D eigenvalue weighted by Gasteiger charge is 2.25. The molecule has 0 atom stereocenters. The van der Waals surface area contributed by atoms with Gasteiger partial charge in [0.2, 0.25) is 5.95 Å². The van der Waals surface area contributed by atoms with Crippen molar-refractivity contribution in [3.05, 3.63) is 22.9 Å². The number of thioether (sulfide) groups is 1. The molecule has 0 radical (unpaired) electrons. The lowest BCUT2D eigenvalue weighted by molar-refractivity contribution is -0.115. The molecule has 0 bridgehead atoms. The lowest BCUT2D eigenvalue weighted by atomic mass is 10.3. The van der Waals surface area contributed by atoms with Crippen LogP contribution in [0.1, 0.15) is 5.69 Å². The van der Waals surface area contributed by atoms with Crippen molar-refractivity contribution in [3.63, 3.8) is 0 Å². The van der Waals surface area contributed by atoms with Crippen LogP contribution in [0.25, 0.3) is 6.08 Å². The van der Waals surface area contributed by atoms with Crippen LogP contribution >= 0.6 is 11.8 Å². The summed E-state index contributed by atoms with van der Waals surface area (Å²) in [6.07, 6.45) is 3.24. The predicted octanol–water partition coefficient (Wildman–Crippen LogP) is -0.0852. The molecule has 2 amide bonds. The van der Waals surface area contributed by atoms with E-state index >= 15 is 0 Å². The number of anilines is 1. The summed E-state index contributed by atoms with van der Waals surface area (Å²) in [5, 5.41) is 10.8. The number of imide groups is 1. The number of amides is 2. The first-order valence-corrected chi connectivity index (χ1v) is 8.13. The zero-order valence-electron chi connectivity index (χ0n) is 12.4. The standard InChI is InChI=1S/C14H17N5O3S/c20-8-7-18-3-5-19(6-4-18)13-15-2-1-10(16-13)9-11-12(21)17-14(22)23-11/h1-2,9,20H,3-8H2,(H,17,21,22). The van der Waals surface area contributed by atoms with E-state index in [1.54, 1.807) is 18.3 Å². The van der Waals surface area contributed by atoms with Crippen LogP contribution in [0.3, 0.4) is 0 Å². The van der Waals surface area contributed by atoms with E-state index in [0.717, 1.165) is 37.9 Å². The maximum atomic E-state index is 11.6. The lowest BCUT2D eigenvalue weighted by Crippen LogP contribution is -2.47. The summed E-state index contributed by atoms with van der Waals surface area (Å²) in [4.78, 5) is 36.1. The molecule has 2 N–H and O–H groups in total. The molecule has 9 heteroatoms. The fourth-order valence-electron chi connectivity index (χ4n) is 2.46. The number of nitrogens with one attached hydrogen (secondary N) is 1. The third-order valence-corrected chi connectivity index (χ3v) is 4.47. The number of hydrogen-bond acceptors (Lipinski definition) is 8. The molecule has 122 valence electrons. The van der Waals surface area contributed by atoms with E-state index < -0.39 is 5.91 Å². The maximum absolute atomic E-state index is 11.6. The van der Waals surface area contributed by atoms with Gasteiger partial charge in [-0.2, -0.15) is 0 Å². The molecule has 0 aliphatic carbocycles. The number of carbonyl (C=O) groups excluding carboxylic acids is 2. The molecular weight excluding hydrogens is 318 g/mol. The number of nitrogens with zero attached hydrogens (tertiary/aromatic N) is 4. The Labute approximate surface area is 137 Å². The van der Waals surface area contributed by atoms with Gasteiger partial charge in [-0.1, -0.05) is 0 Å².